The van der Waals surface area contributed by atoms with Gasteiger partial charge < -0.3 is 10.1 Å². The number of halogens is 1. The number of benzene rings is 2. The van der Waals surface area contributed by atoms with Crippen LogP contribution in [0, 0.1) is 10.1 Å². The zero-order valence-corrected chi connectivity index (χ0v) is 14.3. The van der Waals surface area contributed by atoms with Gasteiger partial charge in [0.1, 0.15) is 18.2 Å². The predicted molar refractivity (Wildman–Crippen MR) is 96.4 cm³/mol. The molecule has 8 heteroatoms. The van der Waals surface area contributed by atoms with Crippen LogP contribution in [-0.2, 0) is 20.9 Å². The molecular formula is C18H15ClN2O5. The number of amides is 1. The molecule has 0 atom stereocenters. The summed E-state index contributed by atoms with van der Waals surface area (Å²) in [4.78, 5) is 33.5. The first-order valence-electron chi connectivity index (χ1n) is 7.55. The molecule has 2 aromatic rings. The van der Waals surface area contributed by atoms with Crippen molar-refractivity contribution in [2.24, 2.45) is 0 Å². The topological polar surface area (TPSA) is 98.5 Å². The van der Waals surface area contributed by atoms with E-state index in [1.54, 1.807) is 0 Å². The van der Waals surface area contributed by atoms with Gasteiger partial charge in [-0.3, -0.25) is 19.7 Å². The van der Waals surface area contributed by atoms with Crippen molar-refractivity contribution in [3.05, 3.63) is 80.9 Å². The summed E-state index contributed by atoms with van der Waals surface area (Å²) in [6.07, 6.45) is 2.55. The van der Waals surface area contributed by atoms with E-state index >= 15 is 0 Å². The van der Waals surface area contributed by atoms with Gasteiger partial charge in [-0.05, 0) is 23.3 Å². The Labute approximate surface area is 154 Å². The first kappa shape index (κ1) is 19.1. The summed E-state index contributed by atoms with van der Waals surface area (Å²) in [7, 11) is 0. The Balaban J connectivity index is 1.81. The molecule has 1 amide bonds. The third kappa shape index (κ3) is 6.03. The number of hydrogen-bond donors (Lipinski definition) is 1. The Kier molecular flexibility index (Phi) is 6.87. The van der Waals surface area contributed by atoms with E-state index in [2.05, 4.69) is 5.32 Å². The fourth-order valence-corrected chi connectivity index (χ4v) is 2.14. The number of nitrogens with one attached hydrogen (secondary N) is 1. The molecule has 0 fully saturated rings. The zero-order valence-electron chi connectivity index (χ0n) is 13.6. The lowest BCUT2D eigenvalue weighted by atomic mass is 10.2. The number of nitrogens with zero attached hydrogens (tertiary/aromatic N) is 1. The molecule has 0 aliphatic heterocycles. The number of nitro benzene ring substituents is 1. The highest BCUT2D eigenvalue weighted by molar-refractivity contribution is 6.32. The first-order valence-corrected chi connectivity index (χ1v) is 7.93. The smallest absolute Gasteiger partial charge is 0.325 e. The van der Waals surface area contributed by atoms with Gasteiger partial charge in [0.15, 0.2) is 0 Å². The predicted octanol–water partition coefficient (Wildman–Crippen LogP) is 3.12. The molecule has 0 spiro atoms. The van der Waals surface area contributed by atoms with E-state index in [0.717, 1.165) is 11.6 Å². The second kappa shape index (κ2) is 9.33. The number of carbonyl (C=O) groups is 2. The summed E-state index contributed by atoms with van der Waals surface area (Å²) < 4.78 is 5.03. The summed E-state index contributed by atoms with van der Waals surface area (Å²) >= 11 is 5.72. The summed E-state index contributed by atoms with van der Waals surface area (Å²) in [5.41, 5.74) is 1.03. The van der Waals surface area contributed by atoms with Crippen LogP contribution in [0.5, 0.6) is 0 Å². The highest BCUT2D eigenvalue weighted by Crippen LogP contribution is 2.25. The highest BCUT2D eigenvalue weighted by atomic mass is 35.5. The van der Waals surface area contributed by atoms with Crippen molar-refractivity contribution in [1.82, 2.24) is 5.32 Å². The monoisotopic (exact) mass is 374 g/mol. The second-order valence-corrected chi connectivity index (χ2v) is 5.57. The van der Waals surface area contributed by atoms with Crippen molar-refractivity contribution in [3.8, 4) is 0 Å². The molecule has 134 valence electrons. The molecule has 0 heterocycles. The van der Waals surface area contributed by atoms with Crippen molar-refractivity contribution >= 4 is 35.2 Å². The SMILES string of the molecule is O=C(/C=C/c1ccc(Cl)c([N+](=O)[O-])c1)NCC(=O)OCc1ccccc1. The minimum atomic E-state index is -0.609. The minimum Gasteiger partial charge on any atom is -0.460 e. The molecule has 0 aliphatic carbocycles. The lowest BCUT2D eigenvalue weighted by molar-refractivity contribution is -0.384. The maximum atomic E-state index is 11.7. The van der Waals surface area contributed by atoms with Crippen LogP contribution in [0.2, 0.25) is 5.02 Å². The zero-order chi connectivity index (χ0) is 18.9. The lowest BCUT2D eigenvalue weighted by Crippen LogP contribution is -2.29. The first-order chi connectivity index (χ1) is 12.5. The number of ether oxygens (including phenoxy) is 1. The molecule has 2 rings (SSSR count). The van der Waals surface area contributed by atoms with Gasteiger partial charge in [0.2, 0.25) is 5.91 Å². The fourth-order valence-electron chi connectivity index (χ4n) is 1.95. The molecule has 0 aliphatic rings. The van der Waals surface area contributed by atoms with Crippen LogP contribution in [0.15, 0.2) is 54.6 Å². The van der Waals surface area contributed by atoms with Crippen LogP contribution in [0.1, 0.15) is 11.1 Å². The van der Waals surface area contributed by atoms with Crippen LogP contribution >= 0.6 is 11.6 Å². The lowest BCUT2D eigenvalue weighted by Gasteiger charge is -2.05. The van der Waals surface area contributed by atoms with Crippen LogP contribution < -0.4 is 5.32 Å². The quantitative estimate of drug-likeness (QED) is 0.347. The van der Waals surface area contributed by atoms with Gasteiger partial charge in [0.05, 0.1) is 4.92 Å². The van der Waals surface area contributed by atoms with Gasteiger partial charge in [0, 0.05) is 12.1 Å². The van der Waals surface area contributed by atoms with Crippen molar-refractivity contribution in [2.45, 2.75) is 6.61 Å². The van der Waals surface area contributed by atoms with Gasteiger partial charge in [-0.25, -0.2) is 0 Å². The summed E-state index contributed by atoms with van der Waals surface area (Å²) in [5, 5.41) is 13.2. The molecule has 0 bridgehead atoms. The number of hydrogen-bond acceptors (Lipinski definition) is 5. The van der Waals surface area contributed by atoms with E-state index in [4.69, 9.17) is 16.3 Å². The Morgan fingerprint density at radius 1 is 1.19 bits per heavy atom. The molecule has 0 aromatic heterocycles. The summed E-state index contributed by atoms with van der Waals surface area (Å²) in [6.45, 7) is -0.156. The second-order valence-electron chi connectivity index (χ2n) is 5.17. The van der Waals surface area contributed by atoms with Gasteiger partial charge in [-0.1, -0.05) is 48.0 Å². The van der Waals surface area contributed by atoms with Crippen molar-refractivity contribution in [1.29, 1.82) is 0 Å². The van der Waals surface area contributed by atoms with Crippen LogP contribution in [0.25, 0.3) is 6.08 Å². The van der Waals surface area contributed by atoms with Crippen LogP contribution in [0.3, 0.4) is 0 Å². The van der Waals surface area contributed by atoms with Gasteiger partial charge >= 0.3 is 5.97 Å². The highest BCUT2D eigenvalue weighted by Gasteiger charge is 2.11. The Morgan fingerprint density at radius 3 is 2.62 bits per heavy atom. The van der Waals surface area contributed by atoms with E-state index in [1.807, 2.05) is 30.3 Å². The van der Waals surface area contributed by atoms with E-state index in [-0.39, 0.29) is 23.9 Å². The van der Waals surface area contributed by atoms with E-state index < -0.39 is 16.8 Å². The normalized spacial score (nSPS) is 10.5. The third-order valence-corrected chi connectivity index (χ3v) is 3.56. The van der Waals surface area contributed by atoms with Gasteiger partial charge in [-0.2, -0.15) is 0 Å². The number of rotatable bonds is 7. The van der Waals surface area contributed by atoms with Crippen molar-refractivity contribution in [2.75, 3.05) is 6.54 Å². The van der Waals surface area contributed by atoms with Gasteiger partial charge in [0.25, 0.3) is 5.69 Å². The number of carbonyl (C=O) groups excluding carboxylic acids is 2. The molecule has 2 aromatic carbocycles. The molecule has 7 nitrogen and oxygen atoms in total. The van der Waals surface area contributed by atoms with Gasteiger partial charge in [-0.15, -0.1) is 0 Å². The third-order valence-electron chi connectivity index (χ3n) is 3.24. The summed E-state index contributed by atoms with van der Waals surface area (Å²) in [5.74, 6) is -1.10. The maximum absolute atomic E-state index is 11.7. The minimum absolute atomic E-state index is 0.0118. The molecule has 26 heavy (non-hydrogen) atoms. The van der Waals surface area contributed by atoms with E-state index in [9.17, 15) is 19.7 Å². The van der Waals surface area contributed by atoms with E-state index in [1.165, 1.54) is 24.3 Å². The Bertz CT molecular complexity index is 837. The molecule has 0 saturated heterocycles. The Hall–Kier alpha value is -3.19. The maximum Gasteiger partial charge on any atom is 0.325 e. The standard InChI is InChI=1S/C18H15ClN2O5/c19-15-8-6-13(10-16(15)21(24)25)7-9-17(22)20-11-18(23)26-12-14-4-2-1-3-5-14/h1-10H,11-12H2,(H,20,22)/b9-7+. The molecule has 0 radical (unpaired) electrons. The average Bonchev–Trinajstić information content (AvgIpc) is 2.64. The fraction of sp³-hybridized carbons (Fsp3) is 0.111. The molecule has 0 unspecified atom stereocenters. The largest absolute Gasteiger partial charge is 0.460 e. The molecule has 1 N–H and O–H groups in total. The Morgan fingerprint density at radius 2 is 1.92 bits per heavy atom. The average molecular weight is 375 g/mol. The summed E-state index contributed by atoms with van der Waals surface area (Å²) in [6, 6.07) is 13.3. The molecule has 0 saturated carbocycles. The van der Waals surface area contributed by atoms with Crippen molar-refractivity contribution < 1.29 is 19.2 Å². The number of esters is 1. The molecular weight excluding hydrogens is 360 g/mol. The van der Waals surface area contributed by atoms with Crippen molar-refractivity contribution in [3.63, 3.8) is 0 Å². The van der Waals surface area contributed by atoms with Crippen LogP contribution in [0.4, 0.5) is 5.69 Å². The van der Waals surface area contributed by atoms with Crippen LogP contribution in [-0.4, -0.2) is 23.3 Å². The number of nitro groups is 1. The van der Waals surface area contributed by atoms with E-state index in [0.29, 0.717) is 5.56 Å².